The lowest BCUT2D eigenvalue weighted by Crippen LogP contribution is -2.45. The van der Waals surface area contributed by atoms with E-state index in [4.69, 9.17) is 9.05 Å². The van der Waals surface area contributed by atoms with Gasteiger partial charge < -0.3 is 28.8 Å². The van der Waals surface area contributed by atoms with Crippen LogP contribution in [-0.2, 0) is 18.4 Å². The molecule has 0 aromatic heterocycles. The van der Waals surface area contributed by atoms with Gasteiger partial charge in [0.25, 0.3) is 7.82 Å². The topological polar surface area (TPSA) is 108 Å². The van der Waals surface area contributed by atoms with E-state index in [2.05, 4.69) is 79.9 Å². The molecule has 0 radical (unpaired) electrons. The summed E-state index contributed by atoms with van der Waals surface area (Å²) in [6, 6.07) is -0.895. The molecule has 2 N–H and O–H groups in total. The molecule has 0 aliphatic rings. The van der Waals surface area contributed by atoms with E-state index in [1.807, 2.05) is 27.2 Å². The third-order valence-corrected chi connectivity index (χ3v) is 13.9. The van der Waals surface area contributed by atoms with Crippen molar-refractivity contribution in [2.45, 2.75) is 270 Å². The Labute approximate surface area is 434 Å². The van der Waals surface area contributed by atoms with Crippen LogP contribution in [0.3, 0.4) is 0 Å². The summed E-state index contributed by atoms with van der Waals surface area (Å²) in [4.78, 5) is 25.5. The number of hydrogen-bond acceptors (Lipinski definition) is 6. The van der Waals surface area contributed by atoms with E-state index in [9.17, 15) is 19.4 Å². The lowest BCUT2D eigenvalue weighted by atomic mass is 10.0. The zero-order valence-corrected chi connectivity index (χ0v) is 47.4. The number of nitrogens with zero attached hydrogens (tertiary/aromatic N) is 1. The van der Waals surface area contributed by atoms with E-state index in [0.717, 1.165) is 77.0 Å². The van der Waals surface area contributed by atoms with Crippen molar-refractivity contribution in [2.75, 3.05) is 40.9 Å². The summed E-state index contributed by atoms with van der Waals surface area (Å²) in [7, 11) is 1.25. The molecule has 0 bridgehead atoms. The highest BCUT2D eigenvalue weighted by Gasteiger charge is 2.23. The summed E-state index contributed by atoms with van der Waals surface area (Å²) in [5, 5.41) is 13.9. The Balaban J connectivity index is 4.24. The number of amides is 1. The zero-order chi connectivity index (χ0) is 51.3. The number of aliphatic hydroxyl groups is 1. The van der Waals surface area contributed by atoms with Crippen molar-refractivity contribution in [2.24, 2.45) is 0 Å². The van der Waals surface area contributed by atoms with Gasteiger partial charge in [0.1, 0.15) is 13.2 Å². The lowest BCUT2D eigenvalue weighted by molar-refractivity contribution is -0.870. The van der Waals surface area contributed by atoms with Crippen LogP contribution in [-0.4, -0.2) is 68.5 Å². The van der Waals surface area contributed by atoms with E-state index in [-0.39, 0.29) is 19.1 Å². The minimum absolute atomic E-state index is 0.00489. The lowest BCUT2D eigenvalue weighted by Gasteiger charge is -2.29. The maximum Gasteiger partial charge on any atom is 0.268 e. The van der Waals surface area contributed by atoms with Crippen LogP contribution in [0.15, 0.2) is 72.9 Å². The second kappa shape index (κ2) is 51.8. The van der Waals surface area contributed by atoms with Crippen molar-refractivity contribution >= 4 is 13.7 Å². The maximum absolute atomic E-state index is 13.0. The number of phosphoric ester groups is 1. The van der Waals surface area contributed by atoms with Crippen LogP contribution in [0.2, 0.25) is 0 Å². The first-order valence-corrected chi connectivity index (χ1v) is 30.8. The van der Waals surface area contributed by atoms with Crippen LogP contribution in [0.4, 0.5) is 0 Å². The van der Waals surface area contributed by atoms with Crippen molar-refractivity contribution in [3.63, 3.8) is 0 Å². The second-order valence-corrected chi connectivity index (χ2v) is 22.4. The molecule has 9 heteroatoms. The summed E-state index contributed by atoms with van der Waals surface area (Å²) in [6.07, 6.45) is 71.1. The Morgan fingerprint density at radius 3 is 1.27 bits per heavy atom. The quantitative estimate of drug-likeness (QED) is 0.0272. The Hall–Kier alpha value is -2.06. The number of carbonyl (C=O) groups is 1. The standard InChI is InChI=1S/C61H113N2O6P/c1-6-8-10-12-14-16-18-20-22-24-26-28-30-31-33-35-37-39-41-43-45-47-49-51-53-55-61(65)62-59(58-69-70(66,67)68-57-56-63(3,4)5)60(64)54-52-50-48-46-44-42-40-38-36-34-32-29-27-25-23-21-19-17-15-13-11-9-7-2/h8,10,14,16,20,22,26,28,31,33,52,54,59-60,64H,6-7,9,11-13,15,17-19,21,23-25,27,29-30,32,34-51,53,55-58H2,1-5H3,(H-,62,65,66,67)/b10-8-,16-14-,22-20-,28-26-,33-31-,54-52+. The number of unbranched alkanes of at least 4 members (excludes halogenated alkanes) is 30. The summed E-state index contributed by atoms with van der Waals surface area (Å²) >= 11 is 0. The van der Waals surface area contributed by atoms with Crippen LogP contribution < -0.4 is 10.2 Å². The van der Waals surface area contributed by atoms with Crippen LogP contribution in [0.25, 0.3) is 0 Å². The van der Waals surface area contributed by atoms with Crippen molar-refractivity contribution in [1.29, 1.82) is 0 Å². The van der Waals surface area contributed by atoms with E-state index < -0.39 is 20.0 Å². The summed E-state index contributed by atoms with van der Waals surface area (Å²) < 4.78 is 23.4. The number of nitrogens with one attached hydrogen (secondary N) is 1. The highest BCUT2D eigenvalue weighted by molar-refractivity contribution is 7.45. The van der Waals surface area contributed by atoms with Gasteiger partial charge in [0.05, 0.1) is 39.9 Å². The highest BCUT2D eigenvalue weighted by Crippen LogP contribution is 2.38. The first kappa shape index (κ1) is 67.9. The first-order chi connectivity index (χ1) is 34.0. The van der Waals surface area contributed by atoms with Gasteiger partial charge >= 0.3 is 0 Å². The molecule has 3 unspecified atom stereocenters. The molecule has 0 spiro atoms. The predicted molar refractivity (Wildman–Crippen MR) is 302 cm³/mol. The fraction of sp³-hybridized carbons (Fsp3) is 0.787. The van der Waals surface area contributed by atoms with Gasteiger partial charge in [-0.05, 0) is 64.2 Å². The number of likely N-dealkylation sites (N-methyl/N-ethyl adjacent to an activating group) is 1. The molecule has 0 saturated carbocycles. The highest BCUT2D eigenvalue weighted by atomic mass is 31.2. The third-order valence-electron chi connectivity index (χ3n) is 12.9. The molecule has 0 aromatic rings. The van der Waals surface area contributed by atoms with E-state index >= 15 is 0 Å². The normalized spacial score (nSPS) is 14.4. The Kier molecular flexibility index (Phi) is 50.3. The van der Waals surface area contributed by atoms with E-state index in [1.165, 1.54) is 161 Å². The van der Waals surface area contributed by atoms with Crippen LogP contribution >= 0.6 is 7.82 Å². The van der Waals surface area contributed by atoms with Gasteiger partial charge in [-0.25, -0.2) is 0 Å². The van der Waals surface area contributed by atoms with Crippen molar-refractivity contribution in [3.05, 3.63) is 72.9 Å². The molecule has 8 nitrogen and oxygen atoms in total. The number of phosphoric acid groups is 1. The summed E-state index contributed by atoms with van der Waals surface area (Å²) in [5.74, 6) is -0.204. The van der Waals surface area contributed by atoms with Gasteiger partial charge in [-0.15, -0.1) is 0 Å². The molecular formula is C61H113N2O6P. The van der Waals surface area contributed by atoms with Crippen LogP contribution in [0, 0.1) is 0 Å². The molecule has 0 aliphatic carbocycles. The molecule has 1 amide bonds. The van der Waals surface area contributed by atoms with Crippen LogP contribution in [0.1, 0.15) is 258 Å². The number of aliphatic hydroxyl groups excluding tert-OH is 1. The zero-order valence-electron chi connectivity index (χ0n) is 46.5. The number of allylic oxidation sites excluding steroid dienone is 11. The second-order valence-electron chi connectivity index (χ2n) is 21.0. The molecule has 3 atom stereocenters. The van der Waals surface area contributed by atoms with Crippen LogP contribution in [0.5, 0.6) is 0 Å². The number of hydrogen-bond donors (Lipinski definition) is 2. The maximum atomic E-state index is 13.0. The average molecular weight is 1000 g/mol. The van der Waals surface area contributed by atoms with Crippen molar-refractivity contribution in [3.8, 4) is 0 Å². The number of carbonyl (C=O) groups excluding carboxylic acids is 1. The molecule has 0 aliphatic heterocycles. The number of rotatable bonds is 53. The molecule has 0 rings (SSSR count). The number of quaternary nitrogens is 1. The molecule has 0 fully saturated rings. The summed E-state index contributed by atoms with van der Waals surface area (Å²) in [6.45, 7) is 4.55. The minimum Gasteiger partial charge on any atom is -0.756 e. The monoisotopic (exact) mass is 1000 g/mol. The fourth-order valence-corrected chi connectivity index (χ4v) is 9.08. The largest absolute Gasteiger partial charge is 0.756 e. The Morgan fingerprint density at radius 2 is 0.871 bits per heavy atom. The molecule has 70 heavy (non-hydrogen) atoms. The third kappa shape index (κ3) is 53.7. The van der Waals surface area contributed by atoms with Gasteiger partial charge in [0.2, 0.25) is 5.91 Å². The smallest absolute Gasteiger partial charge is 0.268 e. The van der Waals surface area contributed by atoms with E-state index in [1.54, 1.807) is 6.08 Å². The van der Waals surface area contributed by atoms with Crippen molar-refractivity contribution in [1.82, 2.24) is 5.32 Å². The Morgan fingerprint density at radius 1 is 0.514 bits per heavy atom. The predicted octanol–water partition coefficient (Wildman–Crippen LogP) is 17.2. The van der Waals surface area contributed by atoms with Gasteiger partial charge in [-0.1, -0.05) is 260 Å². The SMILES string of the molecule is CC/C=C\C/C=C\C/C=C\C/C=C\C/C=C\CCCCCCCCCCCC(=O)NC(COP(=O)([O-])OCC[N+](C)(C)C)C(O)/C=C/CCCCCCCCCCCCCCCCCCCCCCC. The molecule has 0 heterocycles. The summed E-state index contributed by atoms with van der Waals surface area (Å²) in [5.41, 5.74) is 0. The molecule has 0 aromatic carbocycles. The average Bonchev–Trinajstić information content (AvgIpc) is 3.32. The van der Waals surface area contributed by atoms with Gasteiger partial charge in [-0.2, -0.15) is 0 Å². The van der Waals surface area contributed by atoms with E-state index in [0.29, 0.717) is 17.4 Å². The Bertz CT molecular complexity index is 1370. The van der Waals surface area contributed by atoms with Gasteiger partial charge in [-0.3, -0.25) is 9.36 Å². The first-order valence-electron chi connectivity index (χ1n) is 29.3. The molecule has 408 valence electrons. The van der Waals surface area contributed by atoms with Gasteiger partial charge in [0.15, 0.2) is 0 Å². The van der Waals surface area contributed by atoms with Crippen molar-refractivity contribution < 1.29 is 32.9 Å². The molecular weight excluding hydrogens is 888 g/mol. The van der Waals surface area contributed by atoms with Gasteiger partial charge in [0, 0.05) is 6.42 Å². The minimum atomic E-state index is -4.60. The fourth-order valence-electron chi connectivity index (χ4n) is 8.36. The molecule has 0 saturated heterocycles.